The van der Waals surface area contributed by atoms with Gasteiger partial charge in [-0.1, -0.05) is 39.3 Å². The van der Waals surface area contributed by atoms with Gasteiger partial charge in [-0.05, 0) is 42.5 Å². The molecule has 1 aromatic carbocycles. The number of benzene rings is 1. The molecule has 0 spiro atoms. The van der Waals surface area contributed by atoms with E-state index in [1.165, 1.54) is 12.0 Å². The molecule has 0 radical (unpaired) electrons. The molecule has 0 aliphatic rings. The van der Waals surface area contributed by atoms with Gasteiger partial charge in [0.2, 0.25) is 0 Å². The van der Waals surface area contributed by atoms with Crippen molar-refractivity contribution in [2.24, 2.45) is 11.1 Å². The number of ether oxygens (including phenoxy) is 1. The quantitative estimate of drug-likeness (QED) is 0.786. The average molecular weight is 235 g/mol. The Kier molecular flexibility index (Phi) is 5.49. The lowest BCUT2D eigenvalue weighted by molar-refractivity contribution is 0.233. The van der Waals surface area contributed by atoms with E-state index in [2.05, 4.69) is 45.0 Å². The molecule has 2 nitrogen and oxygen atoms in total. The second kappa shape index (κ2) is 6.65. The van der Waals surface area contributed by atoms with E-state index in [0.29, 0.717) is 6.54 Å². The number of nitrogens with two attached hydrogens (primary N) is 1. The Labute approximate surface area is 105 Å². The van der Waals surface area contributed by atoms with Gasteiger partial charge in [0.1, 0.15) is 5.75 Å². The Bertz CT molecular complexity index is 316. The van der Waals surface area contributed by atoms with E-state index in [0.717, 1.165) is 25.2 Å². The highest BCUT2D eigenvalue weighted by Crippen LogP contribution is 2.19. The number of aryl methyl sites for hydroxylation is 1. The van der Waals surface area contributed by atoms with Gasteiger partial charge in [-0.15, -0.1) is 0 Å². The SMILES string of the molecule is CCCc1ccc(OCCC(C)(C)CN)cc1. The summed E-state index contributed by atoms with van der Waals surface area (Å²) in [5.41, 5.74) is 7.23. The Morgan fingerprint density at radius 2 is 1.82 bits per heavy atom. The molecule has 0 atom stereocenters. The van der Waals surface area contributed by atoms with Crippen LogP contribution in [0.1, 0.15) is 39.2 Å². The highest BCUT2D eigenvalue weighted by Gasteiger charge is 2.15. The van der Waals surface area contributed by atoms with E-state index in [9.17, 15) is 0 Å². The van der Waals surface area contributed by atoms with Gasteiger partial charge in [-0.3, -0.25) is 0 Å². The van der Waals surface area contributed by atoms with Crippen molar-refractivity contribution < 1.29 is 4.74 Å². The second-order valence-electron chi connectivity index (χ2n) is 5.36. The summed E-state index contributed by atoms with van der Waals surface area (Å²) < 4.78 is 5.72. The molecule has 0 aromatic heterocycles. The molecule has 96 valence electrons. The molecular formula is C15H25NO. The molecular weight excluding hydrogens is 210 g/mol. The van der Waals surface area contributed by atoms with E-state index in [-0.39, 0.29) is 5.41 Å². The lowest BCUT2D eigenvalue weighted by atomic mass is 9.90. The first-order chi connectivity index (χ1) is 8.07. The van der Waals surface area contributed by atoms with E-state index in [1.807, 2.05) is 0 Å². The Balaban J connectivity index is 2.37. The van der Waals surface area contributed by atoms with Crippen LogP contribution in [0.15, 0.2) is 24.3 Å². The maximum absolute atomic E-state index is 5.72. The van der Waals surface area contributed by atoms with E-state index in [1.54, 1.807) is 0 Å². The Hall–Kier alpha value is -1.02. The van der Waals surface area contributed by atoms with E-state index in [4.69, 9.17) is 10.5 Å². The van der Waals surface area contributed by atoms with Gasteiger partial charge in [-0.25, -0.2) is 0 Å². The predicted octanol–water partition coefficient (Wildman–Crippen LogP) is 3.39. The van der Waals surface area contributed by atoms with Crippen molar-refractivity contribution in [3.63, 3.8) is 0 Å². The predicted molar refractivity (Wildman–Crippen MR) is 73.4 cm³/mol. The molecule has 0 unspecified atom stereocenters. The van der Waals surface area contributed by atoms with E-state index >= 15 is 0 Å². The molecule has 0 aliphatic carbocycles. The van der Waals surface area contributed by atoms with Gasteiger partial charge in [-0.2, -0.15) is 0 Å². The summed E-state index contributed by atoms with van der Waals surface area (Å²) in [7, 11) is 0. The second-order valence-corrected chi connectivity index (χ2v) is 5.36. The van der Waals surface area contributed by atoms with Gasteiger partial charge < -0.3 is 10.5 Å². The van der Waals surface area contributed by atoms with Crippen LogP contribution in [0.25, 0.3) is 0 Å². The van der Waals surface area contributed by atoms with Crippen molar-refractivity contribution in [2.75, 3.05) is 13.2 Å². The molecule has 0 saturated carbocycles. The zero-order valence-corrected chi connectivity index (χ0v) is 11.3. The minimum atomic E-state index is 0.169. The lowest BCUT2D eigenvalue weighted by Gasteiger charge is -2.22. The van der Waals surface area contributed by atoms with Crippen molar-refractivity contribution >= 4 is 0 Å². The van der Waals surface area contributed by atoms with Crippen LogP contribution in [-0.2, 0) is 6.42 Å². The van der Waals surface area contributed by atoms with E-state index < -0.39 is 0 Å². The normalized spacial score (nSPS) is 11.5. The first-order valence-corrected chi connectivity index (χ1v) is 6.49. The summed E-state index contributed by atoms with van der Waals surface area (Å²) in [5, 5.41) is 0. The van der Waals surface area contributed by atoms with Crippen molar-refractivity contribution in [3.8, 4) is 5.75 Å². The van der Waals surface area contributed by atoms with Crippen LogP contribution >= 0.6 is 0 Å². The summed E-state index contributed by atoms with van der Waals surface area (Å²) in [4.78, 5) is 0. The molecule has 0 heterocycles. The van der Waals surface area contributed by atoms with Crippen LogP contribution in [0.3, 0.4) is 0 Å². The Morgan fingerprint density at radius 1 is 1.18 bits per heavy atom. The monoisotopic (exact) mass is 235 g/mol. The fourth-order valence-electron chi connectivity index (χ4n) is 1.59. The maximum Gasteiger partial charge on any atom is 0.119 e. The van der Waals surface area contributed by atoms with Crippen molar-refractivity contribution in [3.05, 3.63) is 29.8 Å². The maximum atomic E-state index is 5.72. The lowest BCUT2D eigenvalue weighted by Crippen LogP contribution is -2.25. The Morgan fingerprint density at radius 3 is 2.35 bits per heavy atom. The first-order valence-electron chi connectivity index (χ1n) is 6.49. The standard InChI is InChI=1S/C15H25NO/c1-4-5-13-6-8-14(9-7-13)17-11-10-15(2,3)12-16/h6-9H,4-5,10-12,16H2,1-3H3. The van der Waals surface area contributed by atoms with Crippen molar-refractivity contribution in [1.82, 2.24) is 0 Å². The van der Waals surface area contributed by atoms with Crippen LogP contribution in [-0.4, -0.2) is 13.2 Å². The van der Waals surface area contributed by atoms with Crippen LogP contribution in [0.5, 0.6) is 5.75 Å². The van der Waals surface area contributed by atoms with Gasteiger partial charge >= 0.3 is 0 Å². The molecule has 17 heavy (non-hydrogen) atoms. The summed E-state index contributed by atoms with van der Waals surface area (Å²) in [5.74, 6) is 0.956. The fourth-order valence-corrected chi connectivity index (χ4v) is 1.59. The van der Waals surface area contributed by atoms with Crippen LogP contribution < -0.4 is 10.5 Å². The molecule has 0 aliphatic heterocycles. The van der Waals surface area contributed by atoms with Gasteiger partial charge in [0.25, 0.3) is 0 Å². The minimum absolute atomic E-state index is 0.169. The first kappa shape index (κ1) is 14.0. The summed E-state index contributed by atoms with van der Waals surface area (Å²) in [6.07, 6.45) is 3.31. The van der Waals surface area contributed by atoms with Crippen LogP contribution in [0, 0.1) is 5.41 Å². The molecule has 1 rings (SSSR count). The highest BCUT2D eigenvalue weighted by atomic mass is 16.5. The molecule has 1 aromatic rings. The third kappa shape index (κ3) is 5.22. The zero-order valence-electron chi connectivity index (χ0n) is 11.3. The molecule has 2 N–H and O–H groups in total. The topological polar surface area (TPSA) is 35.2 Å². The van der Waals surface area contributed by atoms with Crippen molar-refractivity contribution in [2.45, 2.75) is 40.0 Å². The molecule has 0 fully saturated rings. The van der Waals surface area contributed by atoms with Gasteiger partial charge in [0.05, 0.1) is 6.61 Å². The number of hydrogen-bond donors (Lipinski definition) is 1. The molecule has 2 heteroatoms. The summed E-state index contributed by atoms with van der Waals surface area (Å²) in [6, 6.07) is 8.40. The van der Waals surface area contributed by atoms with Crippen molar-refractivity contribution in [1.29, 1.82) is 0 Å². The number of hydrogen-bond acceptors (Lipinski definition) is 2. The minimum Gasteiger partial charge on any atom is -0.494 e. The largest absolute Gasteiger partial charge is 0.494 e. The highest BCUT2D eigenvalue weighted by molar-refractivity contribution is 5.27. The van der Waals surface area contributed by atoms with Crippen LogP contribution in [0.4, 0.5) is 0 Å². The summed E-state index contributed by atoms with van der Waals surface area (Å²) in [6.45, 7) is 7.96. The molecule has 0 bridgehead atoms. The third-order valence-electron chi connectivity index (χ3n) is 3.06. The molecule has 0 amide bonds. The van der Waals surface area contributed by atoms with Crippen LogP contribution in [0.2, 0.25) is 0 Å². The smallest absolute Gasteiger partial charge is 0.119 e. The average Bonchev–Trinajstić information content (AvgIpc) is 2.32. The molecule has 0 saturated heterocycles. The summed E-state index contributed by atoms with van der Waals surface area (Å²) >= 11 is 0. The third-order valence-corrected chi connectivity index (χ3v) is 3.06. The fraction of sp³-hybridized carbons (Fsp3) is 0.600. The zero-order chi connectivity index (χ0) is 12.7. The van der Waals surface area contributed by atoms with Gasteiger partial charge in [0, 0.05) is 0 Å². The van der Waals surface area contributed by atoms with Gasteiger partial charge in [0.15, 0.2) is 0 Å². The number of rotatable bonds is 7.